The highest BCUT2D eigenvalue weighted by atomic mass is 16.5. The maximum atomic E-state index is 10.1. The Morgan fingerprint density at radius 1 is 1.75 bits per heavy atom. The lowest BCUT2D eigenvalue weighted by molar-refractivity contribution is -0.0201. The zero-order valence-electron chi connectivity index (χ0n) is 9.90. The topological polar surface area (TPSA) is 89.1 Å². The number of ether oxygens (including phenoxy) is 2. The molecule has 0 bridgehead atoms. The Bertz CT molecular complexity index is 247. The van der Waals surface area contributed by atoms with Crippen molar-refractivity contribution in [2.45, 2.75) is 25.0 Å². The van der Waals surface area contributed by atoms with Crippen molar-refractivity contribution < 1.29 is 14.6 Å². The van der Waals surface area contributed by atoms with Crippen LogP contribution in [0, 0.1) is 0 Å². The monoisotopic (exact) mass is 231 g/mol. The van der Waals surface area contributed by atoms with Gasteiger partial charge < -0.3 is 25.6 Å². The zero-order valence-corrected chi connectivity index (χ0v) is 9.90. The number of nitrogens with one attached hydrogen (secondary N) is 1. The van der Waals surface area contributed by atoms with E-state index in [1.807, 2.05) is 6.92 Å². The minimum atomic E-state index is -0.881. The molecule has 2 atom stereocenters. The molecule has 0 radical (unpaired) electrons. The molecular formula is C10H21N3O3. The van der Waals surface area contributed by atoms with Gasteiger partial charge in [0, 0.05) is 26.7 Å². The van der Waals surface area contributed by atoms with Crippen LogP contribution in [0.15, 0.2) is 4.99 Å². The molecule has 1 fully saturated rings. The summed E-state index contributed by atoms with van der Waals surface area (Å²) in [6.45, 7) is 3.86. The van der Waals surface area contributed by atoms with E-state index in [9.17, 15) is 5.11 Å². The number of hydrogen-bond acceptors (Lipinski definition) is 4. The lowest BCUT2D eigenvalue weighted by Gasteiger charge is -2.23. The summed E-state index contributed by atoms with van der Waals surface area (Å²) in [6.07, 6.45) is 0.409. The Hall–Kier alpha value is -0.850. The first kappa shape index (κ1) is 13.2. The van der Waals surface area contributed by atoms with Crippen molar-refractivity contribution in [3.8, 4) is 0 Å². The summed E-state index contributed by atoms with van der Waals surface area (Å²) in [6, 6.07) is 0. The van der Waals surface area contributed by atoms with E-state index in [0.717, 1.165) is 0 Å². The van der Waals surface area contributed by atoms with Crippen LogP contribution in [0.25, 0.3) is 0 Å². The molecule has 1 rings (SSSR count). The highest BCUT2D eigenvalue weighted by molar-refractivity contribution is 5.77. The van der Waals surface area contributed by atoms with Gasteiger partial charge in [0.2, 0.25) is 0 Å². The van der Waals surface area contributed by atoms with Crippen LogP contribution >= 0.6 is 0 Å². The number of aliphatic hydroxyl groups is 1. The minimum Gasteiger partial charge on any atom is -0.385 e. The summed E-state index contributed by atoms with van der Waals surface area (Å²) in [4.78, 5) is 4.10. The van der Waals surface area contributed by atoms with E-state index >= 15 is 0 Å². The van der Waals surface area contributed by atoms with E-state index in [-0.39, 0.29) is 12.6 Å². The molecule has 2 unspecified atom stereocenters. The number of hydrogen-bond donors (Lipinski definition) is 3. The van der Waals surface area contributed by atoms with Gasteiger partial charge in [0.15, 0.2) is 5.96 Å². The maximum Gasteiger partial charge on any atom is 0.188 e. The fourth-order valence-corrected chi connectivity index (χ4v) is 1.54. The van der Waals surface area contributed by atoms with E-state index < -0.39 is 5.60 Å². The van der Waals surface area contributed by atoms with Gasteiger partial charge in [0.05, 0.1) is 19.3 Å². The molecule has 0 amide bonds. The number of methoxy groups -OCH3 is 1. The Kier molecular flexibility index (Phi) is 4.98. The van der Waals surface area contributed by atoms with Gasteiger partial charge >= 0.3 is 0 Å². The van der Waals surface area contributed by atoms with E-state index in [2.05, 4.69) is 10.3 Å². The number of rotatable bonds is 5. The maximum absolute atomic E-state index is 10.1. The van der Waals surface area contributed by atoms with Gasteiger partial charge in [-0.3, -0.25) is 4.99 Å². The highest BCUT2D eigenvalue weighted by Crippen LogP contribution is 2.25. The average molecular weight is 231 g/mol. The average Bonchev–Trinajstić information content (AvgIpc) is 2.58. The third-order valence-corrected chi connectivity index (χ3v) is 2.80. The quantitative estimate of drug-likeness (QED) is 0.323. The predicted molar refractivity (Wildman–Crippen MR) is 61.3 cm³/mol. The van der Waals surface area contributed by atoms with E-state index in [0.29, 0.717) is 32.1 Å². The van der Waals surface area contributed by atoms with Gasteiger partial charge in [0.1, 0.15) is 5.60 Å². The van der Waals surface area contributed by atoms with Crippen LogP contribution in [0.1, 0.15) is 13.3 Å². The molecule has 0 aromatic heterocycles. The van der Waals surface area contributed by atoms with E-state index in [1.54, 1.807) is 7.11 Å². The highest BCUT2D eigenvalue weighted by Gasteiger charge is 2.39. The molecule has 1 aliphatic heterocycles. The van der Waals surface area contributed by atoms with Crippen molar-refractivity contribution in [2.24, 2.45) is 10.7 Å². The van der Waals surface area contributed by atoms with Crippen molar-refractivity contribution >= 4 is 5.96 Å². The number of aliphatic imine (C=N–C) groups is 1. The summed E-state index contributed by atoms with van der Waals surface area (Å²) >= 11 is 0. The summed E-state index contributed by atoms with van der Waals surface area (Å²) in [5.74, 6) is 0.324. The van der Waals surface area contributed by atoms with Crippen LogP contribution < -0.4 is 11.1 Å². The summed E-state index contributed by atoms with van der Waals surface area (Å²) in [5.41, 5.74) is 4.75. The fourth-order valence-electron chi connectivity index (χ4n) is 1.54. The van der Waals surface area contributed by atoms with Crippen LogP contribution in [0.2, 0.25) is 0 Å². The van der Waals surface area contributed by atoms with Crippen LogP contribution in [0.5, 0.6) is 0 Å². The van der Waals surface area contributed by atoms with Crippen molar-refractivity contribution in [1.29, 1.82) is 0 Å². The standard InChI is InChI=1S/C10H21N3O3/c1-8-10(14,3-5-16-8)7-13-9(11)12-4-6-15-2/h8,14H,3-7H2,1-2H3,(H3,11,12,13). The first-order chi connectivity index (χ1) is 7.58. The Morgan fingerprint density at radius 2 is 2.50 bits per heavy atom. The third-order valence-electron chi connectivity index (χ3n) is 2.80. The lowest BCUT2D eigenvalue weighted by Crippen LogP contribution is -2.42. The zero-order chi connectivity index (χ0) is 12.0. The second-order valence-electron chi connectivity index (χ2n) is 3.99. The SMILES string of the molecule is COCCNC(N)=NCC1(O)CCOC1C. The van der Waals surface area contributed by atoms with Crippen molar-refractivity contribution in [3.05, 3.63) is 0 Å². The molecule has 0 saturated carbocycles. The molecule has 0 spiro atoms. The lowest BCUT2D eigenvalue weighted by atomic mass is 9.97. The smallest absolute Gasteiger partial charge is 0.188 e. The van der Waals surface area contributed by atoms with Gasteiger partial charge in [-0.25, -0.2) is 0 Å². The first-order valence-corrected chi connectivity index (χ1v) is 5.45. The second kappa shape index (κ2) is 6.03. The van der Waals surface area contributed by atoms with Gasteiger partial charge in [-0.15, -0.1) is 0 Å². The van der Waals surface area contributed by atoms with Gasteiger partial charge in [-0.05, 0) is 6.92 Å². The van der Waals surface area contributed by atoms with Crippen LogP contribution in [-0.4, -0.2) is 56.2 Å². The minimum absolute atomic E-state index is 0.192. The number of guanidine groups is 1. The van der Waals surface area contributed by atoms with E-state index in [4.69, 9.17) is 15.2 Å². The van der Waals surface area contributed by atoms with Crippen molar-refractivity contribution in [2.75, 3.05) is 33.4 Å². The Morgan fingerprint density at radius 3 is 3.06 bits per heavy atom. The molecule has 6 heteroatoms. The summed E-state index contributed by atoms with van der Waals surface area (Å²) in [5, 5.41) is 13.0. The number of nitrogens with zero attached hydrogens (tertiary/aromatic N) is 1. The number of nitrogens with two attached hydrogens (primary N) is 1. The molecule has 0 aliphatic carbocycles. The second-order valence-corrected chi connectivity index (χ2v) is 3.99. The molecule has 6 nitrogen and oxygen atoms in total. The first-order valence-electron chi connectivity index (χ1n) is 5.45. The molecule has 16 heavy (non-hydrogen) atoms. The van der Waals surface area contributed by atoms with E-state index in [1.165, 1.54) is 0 Å². The largest absolute Gasteiger partial charge is 0.385 e. The van der Waals surface area contributed by atoms with Crippen LogP contribution in [0.4, 0.5) is 0 Å². The molecule has 1 aliphatic rings. The van der Waals surface area contributed by atoms with Gasteiger partial charge in [-0.2, -0.15) is 0 Å². The molecule has 1 saturated heterocycles. The molecule has 0 aromatic carbocycles. The molecule has 94 valence electrons. The van der Waals surface area contributed by atoms with Gasteiger partial charge in [0.25, 0.3) is 0 Å². The molecular weight excluding hydrogens is 210 g/mol. The van der Waals surface area contributed by atoms with Crippen LogP contribution in [-0.2, 0) is 9.47 Å². The van der Waals surface area contributed by atoms with Gasteiger partial charge in [-0.1, -0.05) is 0 Å². The summed E-state index contributed by atoms with van der Waals surface area (Å²) in [7, 11) is 1.62. The Labute approximate surface area is 95.8 Å². The van der Waals surface area contributed by atoms with Crippen molar-refractivity contribution in [1.82, 2.24) is 5.32 Å². The normalized spacial score (nSPS) is 30.7. The third kappa shape index (κ3) is 3.62. The molecule has 1 heterocycles. The van der Waals surface area contributed by atoms with Crippen LogP contribution in [0.3, 0.4) is 0 Å². The predicted octanol–water partition coefficient (Wildman–Crippen LogP) is -0.923. The summed E-state index contributed by atoms with van der Waals surface area (Å²) < 4.78 is 10.2. The fraction of sp³-hybridized carbons (Fsp3) is 0.900. The van der Waals surface area contributed by atoms with Crippen molar-refractivity contribution in [3.63, 3.8) is 0 Å². The molecule has 0 aromatic rings. The molecule has 4 N–H and O–H groups in total. The Balaban J connectivity index is 2.33.